The summed E-state index contributed by atoms with van der Waals surface area (Å²) < 4.78 is 27.0. The zero-order chi connectivity index (χ0) is 11.7. The molecule has 0 amide bonds. The van der Waals surface area contributed by atoms with Crippen LogP contribution in [-0.2, 0) is 0 Å². The average Bonchev–Trinajstić information content (AvgIpc) is 2.79. The van der Waals surface area contributed by atoms with Gasteiger partial charge in [-0.1, -0.05) is 18.2 Å². The monoisotopic (exact) mass is 275 g/mol. The van der Waals surface area contributed by atoms with Gasteiger partial charge >= 0.3 is 0 Å². The number of benzene rings is 1. The molecule has 0 aliphatic rings. The molecular formula is C12H12ClF2NS. The number of thiophene rings is 1. The van der Waals surface area contributed by atoms with Gasteiger partial charge in [-0.05, 0) is 23.9 Å². The van der Waals surface area contributed by atoms with Crippen molar-refractivity contribution < 1.29 is 8.78 Å². The molecule has 2 rings (SSSR count). The van der Waals surface area contributed by atoms with Gasteiger partial charge in [0.15, 0.2) is 11.6 Å². The quantitative estimate of drug-likeness (QED) is 0.886. The maximum Gasteiger partial charge on any atom is 0.164 e. The standard InChI is InChI=1S/C12H11F2NS.ClH/c1-7-4-5-8(11(14)10(7)13)12(15)9-3-2-6-16-9;/h2-6,12H,15H2,1H3;1H/t12-;/m0./s1. The van der Waals surface area contributed by atoms with Gasteiger partial charge in [-0.2, -0.15) is 0 Å². The number of nitrogens with two attached hydrogens (primary N) is 1. The van der Waals surface area contributed by atoms with Crippen molar-refractivity contribution in [2.45, 2.75) is 13.0 Å². The van der Waals surface area contributed by atoms with Crippen molar-refractivity contribution in [3.63, 3.8) is 0 Å². The minimum atomic E-state index is -0.846. The van der Waals surface area contributed by atoms with Crippen LogP contribution in [0.15, 0.2) is 29.6 Å². The first-order valence-electron chi connectivity index (χ1n) is 4.84. The number of rotatable bonds is 2. The Balaban J connectivity index is 0.00000144. The summed E-state index contributed by atoms with van der Waals surface area (Å²) in [5.74, 6) is -1.66. The Morgan fingerprint density at radius 3 is 2.47 bits per heavy atom. The lowest BCUT2D eigenvalue weighted by Gasteiger charge is -2.12. The van der Waals surface area contributed by atoms with E-state index >= 15 is 0 Å². The fraction of sp³-hybridized carbons (Fsp3) is 0.167. The maximum absolute atomic E-state index is 13.7. The van der Waals surface area contributed by atoms with Crippen LogP contribution < -0.4 is 5.73 Å². The molecule has 0 bridgehead atoms. The minimum absolute atomic E-state index is 0. The Bertz CT molecular complexity index is 499. The molecule has 0 fully saturated rings. The van der Waals surface area contributed by atoms with Crippen molar-refractivity contribution in [2.75, 3.05) is 0 Å². The molecule has 0 saturated carbocycles. The highest BCUT2D eigenvalue weighted by atomic mass is 35.5. The van der Waals surface area contributed by atoms with E-state index in [4.69, 9.17) is 5.73 Å². The molecule has 2 N–H and O–H groups in total. The van der Waals surface area contributed by atoms with Gasteiger partial charge in [-0.25, -0.2) is 8.78 Å². The Kier molecular flexibility index (Phi) is 4.62. The lowest BCUT2D eigenvalue weighted by atomic mass is 10.0. The van der Waals surface area contributed by atoms with Gasteiger partial charge in [0.1, 0.15) is 0 Å². The largest absolute Gasteiger partial charge is 0.320 e. The van der Waals surface area contributed by atoms with E-state index in [1.807, 2.05) is 17.5 Å². The van der Waals surface area contributed by atoms with Crippen LogP contribution in [0.25, 0.3) is 0 Å². The van der Waals surface area contributed by atoms with E-state index < -0.39 is 17.7 Å². The third-order valence-electron chi connectivity index (χ3n) is 2.49. The summed E-state index contributed by atoms with van der Waals surface area (Å²) in [5.41, 5.74) is 6.38. The zero-order valence-corrected chi connectivity index (χ0v) is 10.7. The van der Waals surface area contributed by atoms with Gasteiger partial charge in [0.2, 0.25) is 0 Å². The summed E-state index contributed by atoms with van der Waals surface area (Å²) in [5, 5.41) is 1.86. The maximum atomic E-state index is 13.7. The normalized spacial score (nSPS) is 12.0. The van der Waals surface area contributed by atoms with Crippen LogP contribution in [0.2, 0.25) is 0 Å². The Morgan fingerprint density at radius 1 is 1.18 bits per heavy atom. The number of aryl methyl sites for hydroxylation is 1. The van der Waals surface area contributed by atoms with Gasteiger partial charge in [-0.15, -0.1) is 23.7 Å². The van der Waals surface area contributed by atoms with Crippen molar-refractivity contribution in [2.24, 2.45) is 5.73 Å². The predicted octanol–water partition coefficient (Wildman–Crippen LogP) is 3.80. The molecule has 1 heterocycles. The summed E-state index contributed by atoms with van der Waals surface area (Å²) in [6.45, 7) is 1.53. The molecule has 0 aliphatic heterocycles. The lowest BCUT2D eigenvalue weighted by molar-refractivity contribution is 0.490. The number of halogens is 3. The molecule has 92 valence electrons. The molecule has 1 aromatic heterocycles. The first-order valence-corrected chi connectivity index (χ1v) is 5.72. The Labute approximate surface area is 109 Å². The van der Waals surface area contributed by atoms with Crippen molar-refractivity contribution in [1.29, 1.82) is 0 Å². The van der Waals surface area contributed by atoms with Crippen molar-refractivity contribution in [3.8, 4) is 0 Å². The second-order valence-corrected chi connectivity index (χ2v) is 4.57. The smallest absolute Gasteiger partial charge is 0.164 e. The van der Waals surface area contributed by atoms with Gasteiger partial charge in [0.25, 0.3) is 0 Å². The summed E-state index contributed by atoms with van der Waals surface area (Å²) in [7, 11) is 0. The molecule has 1 atom stereocenters. The third kappa shape index (κ3) is 2.65. The van der Waals surface area contributed by atoms with E-state index in [2.05, 4.69) is 0 Å². The lowest BCUT2D eigenvalue weighted by Crippen LogP contribution is -2.13. The topological polar surface area (TPSA) is 26.0 Å². The van der Waals surface area contributed by atoms with Crippen molar-refractivity contribution in [3.05, 3.63) is 57.3 Å². The molecule has 0 saturated heterocycles. The Hall–Kier alpha value is -0.970. The fourth-order valence-corrected chi connectivity index (χ4v) is 2.27. The van der Waals surface area contributed by atoms with Crippen LogP contribution in [-0.4, -0.2) is 0 Å². The highest BCUT2D eigenvalue weighted by molar-refractivity contribution is 7.10. The SMILES string of the molecule is Cc1ccc([C@H](N)c2cccs2)c(F)c1F.Cl. The second-order valence-electron chi connectivity index (χ2n) is 3.59. The van der Waals surface area contributed by atoms with E-state index in [0.717, 1.165) is 4.88 Å². The number of hydrogen-bond acceptors (Lipinski definition) is 2. The molecule has 2 aromatic rings. The first kappa shape index (κ1) is 14.1. The van der Waals surface area contributed by atoms with E-state index in [0.29, 0.717) is 5.56 Å². The van der Waals surface area contributed by atoms with E-state index in [-0.39, 0.29) is 18.0 Å². The minimum Gasteiger partial charge on any atom is -0.320 e. The van der Waals surface area contributed by atoms with Crippen LogP contribution in [0.3, 0.4) is 0 Å². The summed E-state index contributed by atoms with van der Waals surface area (Å²) >= 11 is 1.43. The molecule has 17 heavy (non-hydrogen) atoms. The van der Waals surface area contributed by atoms with Crippen LogP contribution in [0, 0.1) is 18.6 Å². The molecule has 0 unspecified atom stereocenters. The molecule has 0 aliphatic carbocycles. The highest BCUT2D eigenvalue weighted by Crippen LogP contribution is 2.27. The summed E-state index contributed by atoms with van der Waals surface area (Å²) in [6.07, 6.45) is 0. The van der Waals surface area contributed by atoms with Gasteiger partial charge in [0.05, 0.1) is 6.04 Å². The van der Waals surface area contributed by atoms with Gasteiger partial charge in [0, 0.05) is 10.4 Å². The van der Waals surface area contributed by atoms with E-state index in [1.165, 1.54) is 24.3 Å². The Morgan fingerprint density at radius 2 is 1.88 bits per heavy atom. The molecule has 0 radical (unpaired) electrons. The number of hydrogen-bond donors (Lipinski definition) is 1. The van der Waals surface area contributed by atoms with Crippen LogP contribution in [0.1, 0.15) is 22.0 Å². The second kappa shape index (κ2) is 5.58. The van der Waals surface area contributed by atoms with Gasteiger partial charge in [-0.3, -0.25) is 0 Å². The summed E-state index contributed by atoms with van der Waals surface area (Å²) in [4.78, 5) is 0.821. The molecule has 5 heteroatoms. The van der Waals surface area contributed by atoms with E-state index in [9.17, 15) is 8.78 Å². The zero-order valence-electron chi connectivity index (χ0n) is 9.11. The van der Waals surface area contributed by atoms with Crippen LogP contribution in [0.4, 0.5) is 8.78 Å². The average molecular weight is 276 g/mol. The molecular weight excluding hydrogens is 264 g/mol. The van der Waals surface area contributed by atoms with Gasteiger partial charge < -0.3 is 5.73 Å². The van der Waals surface area contributed by atoms with E-state index in [1.54, 1.807) is 6.07 Å². The first-order chi connectivity index (χ1) is 7.61. The van der Waals surface area contributed by atoms with Crippen molar-refractivity contribution in [1.82, 2.24) is 0 Å². The molecule has 1 aromatic carbocycles. The summed E-state index contributed by atoms with van der Waals surface area (Å²) in [6, 6.07) is 6.13. The van der Waals surface area contributed by atoms with Crippen molar-refractivity contribution >= 4 is 23.7 Å². The molecule has 1 nitrogen and oxygen atoms in total. The third-order valence-corrected chi connectivity index (χ3v) is 3.45. The molecule has 0 spiro atoms. The predicted molar refractivity (Wildman–Crippen MR) is 68.7 cm³/mol. The van der Waals surface area contributed by atoms with Crippen LogP contribution in [0.5, 0.6) is 0 Å². The highest BCUT2D eigenvalue weighted by Gasteiger charge is 2.18. The fourth-order valence-electron chi connectivity index (χ4n) is 1.52. The van der Waals surface area contributed by atoms with Crippen LogP contribution >= 0.6 is 23.7 Å².